The quantitative estimate of drug-likeness (QED) is 0.359. The Morgan fingerprint density at radius 3 is 2.52 bits per heavy atom. The van der Waals surface area contributed by atoms with Crippen LogP contribution in [-0.2, 0) is 14.8 Å². The topological polar surface area (TPSA) is 75.7 Å². The van der Waals surface area contributed by atoms with Gasteiger partial charge in [-0.3, -0.25) is 9.10 Å². The number of hydrogen-bond acceptors (Lipinski definition) is 4. The Hall–Kier alpha value is -1.52. The number of benzene rings is 2. The van der Waals surface area contributed by atoms with E-state index in [4.69, 9.17) is 16.3 Å². The summed E-state index contributed by atoms with van der Waals surface area (Å²) in [4.78, 5) is 12.0. The van der Waals surface area contributed by atoms with Crippen molar-refractivity contribution in [3.05, 3.63) is 56.6 Å². The van der Waals surface area contributed by atoms with Gasteiger partial charge in [0.1, 0.15) is 12.4 Å². The average molecular weight is 551 g/mol. The largest absolute Gasteiger partial charge is 0.492 e. The van der Waals surface area contributed by atoms with Crippen LogP contribution in [0.2, 0.25) is 5.02 Å². The molecule has 0 saturated heterocycles. The molecule has 0 aliphatic rings. The molecule has 6 nitrogen and oxygen atoms in total. The van der Waals surface area contributed by atoms with E-state index in [1.165, 1.54) is 10.6 Å². The van der Waals surface area contributed by atoms with Crippen LogP contribution in [0, 0.1) is 10.5 Å². The summed E-state index contributed by atoms with van der Waals surface area (Å²) in [6.45, 7) is 2.83. The summed E-state index contributed by atoms with van der Waals surface area (Å²) in [5.74, 6) is 0.540. The molecule has 0 aliphatic carbocycles. The molecule has 0 saturated carbocycles. The second-order valence-electron chi connectivity index (χ2n) is 6.52. The van der Waals surface area contributed by atoms with E-state index >= 15 is 0 Å². The number of nitrogens with one attached hydrogen (secondary N) is 1. The third kappa shape index (κ3) is 8.02. The van der Waals surface area contributed by atoms with Gasteiger partial charge in [0.15, 0.2) is 0 Å². The van der Waals surface area contributed by atoms with Crippen LogP contribution in [0.5, 0.6) is 5.75 Å². The minimum Gasteiger partial charge on any atom is -0.492 e. The Morgan fingerprint density at radius 2 is 1.90 bits per heavy atom. The van der Waals surface area contributed by atoms with E-state index < -0.39 is 10.0 Å². The van der Waals surface area contributed by atoms with Gasteiger partial charge >= 0.3 is 0 Å². The summed E-state index contributed by atoms with van der Waals surface area (Å²) in [5.41, 5.74) is 1.52. The van der Waals surface area contributed by atoms with Crippen molar-refractivity contribution in [1.82, 2.24) is 5.32 Å². The maximum atomic E-state index is 12.2. The molecule has 0 bridgehead atoms. The molecular formula is C20H24ClIN2O4S. The number of sulfonamides is 1. The van der Waals surface area contributed by atoms with E-state index in [0.717, 1.165) is 9.13 Å². The predicted molar refractivity (Wildman–Crippen MR) is 125 cm³/mol. The monoisotopic (exact) mass is 550 g/mol. The van der Waals surface area contributed by atoms with Gasteiger partial charge in [-0.25, -0.2) is 8.42 Å². The van der Waals surface area contributed by atoms with Gasteiger partial charge in [-0.1, -0.05) is 11.6 Å². The standard InChI is InChI=1S/C20H24ClIN2O4S/c1-15-14-17(22)7-10-19(15)24(29(2,26)27)12-3-4-20(25)23-11-13-28-18-8-5-16(21)6-9-18/h5-10,14H,3-4,11-13H2,1-2H3,(H,23,25). The fraction of sp³-hybridized carbons (Fsp3) is 0.350. The minimum absolute atomic E-state index is 0.141. The van der Waals surface area contributed by atoms with Crippen molar-refractivity contribution < 1.29 is 17.9 Å². The van der Waals surface area contributed by atoms with Gasteiger partial charge in [-0.15, -0.1) is 0 Å². The fourth-order valence-electron chi connectivity index (χ4n) is 2.73. The highest BCUT2D eigenvalue weighted by molar-refractivity contribution is 14.1. The molecule has 0 heterocycles. The van der Waals surface area contributed by atoms with E-state index in [1.807, 2.05) is 19.1 Å². The molecule has 2 aromatic rings. The number of anilines is 1. The third-order valence-electron chi connectivity index (χ3n) is 4.10. The number of carbonyl (C=O) groups excluding carboxylic acids is 1. The lowest BCUT2D eigenvalue weighted by molar-refractivity contribution is -0.121. The molecule has 0 aliphatic heterocycles. The molecule has 2 aromatic carbocycles. The molecule has 2 rings (SSSR count). The first-order valence-corrected chi connectivity index (χ1v) is 12.4. The SMILES string of the molecule is Cc1cc(I)ccc1N(CCCC(=O)NCCOc1ccc(Cl)cc1)S(C)(=O)=O. The van der Waals surface area contributed by atoms with E-state index in [1.54, 1.807) is 30.3 Å². The Labute approximate surface area is 190 Å². The molecule has 0 aromatic heterocycles. The number of rotatable bonds is 10. The minimum atomic E-state index is -3.44. The maximum Gasteiger partial charge on any atom is 0.232 e. The molecule has 0 atom stereocenters. The molecule has 158 valence electrons. The van der Waals surface area contributed by atoms with Crippen molar-refractivity contribution in [2.45, 2.75) is 19.8 Å². The zero-order chi connectivity index (χ0) is 21.4. The van der Waals surface area contributed by atoms with E-state index in [-0.39, 0.29) is 18.9 Å². The van der Waals surface area contributed by atoms with Gasteiger partial charge in [0.05, 0.1) is 18.5 Å². The predicted octanol–water partition coefficient (Wildman–Crippen LogP) is 3.99. The van der Waals surface area contributed by atoms with Gasteiger partial charge in [-0.2, -0.15) is 0 Å². The van der Waals surface area contributed by atoms with Crippen molar-refractivity contribution in [2.24, 2.45) is 0 Å². The van der Waals surface area contributed by atoms with Crippen molar-refractivity contribution in [3.8, 4) is 5.75 Å². The smallest absolute Gasteiger partial charge is 0.232 e. The van der Waals surface area contributed by atoms with Gasteiger partial charge in [-0.05, 0) is 84.0 Å². The summed E-state index contributed by atoms with van der Waals surface area (Å²) >= 11 is 8.00. The van der Waals surface area contributed by atoms with E-state index in [9.17, 15) is 13.2 Å². The second kappa shape index (κ2) is 11.0. The van der Waals surface area contributed by atoms with Crippen LogP contribution >= 0.6 is 34.2 Å². The number of hydrogen-bond donors (Lipinski definition) is 1. The fourth-order valence-corrected chi connectivity index (χ4v) is 4.52. The molecule has 29 heavy (non-hydrogen) atoms. The Balaban J connectivity index is 1.78. The maximum absolute atomic E-state index is 12.2. The normalized spacial score (nSPS) is 11.2. The van der Waals surface area contributed by atoms with Crippen molar-refractivity contribution in [2.75, 3.05) is 30.3 Å². The third-order valence-corrected chi connectivity index (χ3v) is 6.20. The summed E-state index contributed by atoms with van der Waals surface area (Å²) in [7, 11) is -3.44. The van der Waals surface area contributed by atoms with Crippen LogP contribution in [0.15, 0.2) is 42.5 Å². The highest BCUT2D eigenvalue weighted by Gasteiger charge is 2.19. The summed E-state index contributed by atoms with van der Waals surface area (Å²) in [5, 5.41) is 3.41. The molecule has 0 fully saturated rings. The second-order valence-corrected chi connectivity index (χ2v) is 10.1. The highest BCUT2D eigenvalue weighted by Crippen LogP contribution is 2.24. The summed E-state index contributed by atoms with van der Waals surface area (Å²) < 4.78 is 32.3. The van der Waals surface area contributed by atoms with Crippen LogP contribution in [0.25, 0.3) is 0 Å². The zero-order valence-electron chi connectivity index (χ0n) is 16.3. The summed E-state index contributed by atoms with van der Waals surface area (Å²) in [6, 6.07) is 12.6. The van der Waals surface area contributed by atoms with Crippen molar-refractivity contribution in [3.63, 3.8) is 0 Å². The number of ether oxygens (including phenoxy) is 1. The van der Waals surface area contributed by atoms with Gasteiger partial charge in [0.25, 0.3) is 0 Å². The number of halogens is 2. The number of amides is 1. The Morgan fingerprint density at radius 1 is 1.21 bits per heavy atom. The highest BCUT2D eigenvalue weighted by atomic mass is 127. The number of carbonyl (C=O) groups is 1. The summed E-state index contributed by atoms with van der Waals surface area (Å²) in [6.07, 6.45) is 1.83. The lowest BCUT2D eigenvalue weighted by Crippen LogP contribution is -2.33. The molecule has 0 spiro atoms. The van der Waals surface area contributed by atoms with Crippen LogP contribution in [-0.4, -0.2) is 40.3 Å². The Bertz CT molecular complexity index is 936. The molecular weight excluding hydrogens is 527 g/mol. The molecule has 0 unspecified atom stereocenters. The molecule has 0 radical (unpaired) electrons. The lowest BCUT2D eigenvalue weighted by Gasteiger charge is -2.24. The van der Waals surface area contributed by atoms with Crippen molar-refractivity contribution in [1.29, 1.82) is 0 Å². The Kier molecular flexibility index (Phi) is 9.04. The van der Waals surface area contributed by atoms with Crippen LogP contribution in [0.3, 0.4) is 0 Å². The first-order chi connectivity index (χ1) is 13.7. The van der Waals surface area contributed by atoms with Gasteiger partial charge in [0, 0.05) is 21.6 Å². The van der Waals surface area contributed by atoms with Crippen LogP contribution < -0.4 is 14.4 Å². The average Bonchev–Trinajstić information content (AvgIpc) is 2.64. The molecule has 1 N–H and O–H groups in total. The first-order valence-electron chi connectivity index (χ1n) is 9.06. The van der Waals surface area contributed by atoms with Crippen molar-refractivity contribution >= 4 is 55.8 Å². The molecule has 1 amide bonds. The number of nitrogens with zero attached hydrogens (tertiary/aromatic N) is 1. The van der Waals surface area contributed by atoms with Crippen LogP contribution in [0.1, 0.15) is 18.4 Å². The van der Waals surface area contributed by atoms with Crippen LogP contribution in [0.4, 0.5) is 5.69 Å². The first kappa shape index (κ1) is 23.8. The van der Waals surface area contributed by atoms with E-state index in [0.29, 0.717) is 36.0 Å². The lowest BCUT2D eigenvalue weighted by atomic mass is 10.2. The molecule has 9 heteroatoms. The zero-order valence-corrected chi connectivity index (χ0v) is 20.1. The van der Waals surface area contributed by atoms with Gasteiger partial charge in [0.2, 0.25) is 15.9 Å². The number of aryl methyl sites for hydroxylation is 1. The van der Waals surface area contributed by atoms with E-state index in [2.05, 4.69) is 27.9 Å². The van der Waals surface area contributed by atoms with Gasteiger partial charge < -0.3 is 10.1 Å².